The number of primary amides is 1. The number of carbonyl (C=O) groups is 2. The third kappa shape index (κ3) is 5.19. The zero-order chi connectivity index (χ0) is 16.8. The van der Waals surface area contributed by atoms with Crippen molar-refractivity contribution in [1.29, 1.82) is 0 Å². The minimum absolute atomic E-state index is 0.0572. The largest absolute Gasteiger partial charge is 0.369 e. The molecule has 122 valence electrons. The van der Waals surface area contributed by atoms with E-state index in [9.17, 15) is 9.59 Å². The Kier molecular flexibility index (Phi) is 5.90. The Morgan fingerprint density at radius 3 is 2.48 bits per heavy atom. The van der Waals surface area contributed by atoms with Gasteiger partial charge in [-0.15, -0.1) is 11.3 Å². The molecule has 1 aromatic carbocycles. The fourth-order valence-electron chi connectivity index (χ4n) is 2.31. The second-order valence-electron chi connectivity index (χ2n) is 5.57. The van der Waals surface area contributed by atoms with Gasteiger partial charge in [-0.25, -0.2) is 0 Å². The number of likely N-dealkylation sites (N-methyl/N-ethyl adjacent to an activating group) is 1. The van der Waals surface area contributed by atoms with Gasteiger partial charge < -0.3 is 11.1 Å². The molecule has 6 heteroatoms. The lowest BCUT2D eigenvalue weighted by Gasteiger charge is -2.20. The Bertz CT molecular complexity index is 653. The van der Waals surface area contributed by atoms with Crippen LogP contribution < -0.4 is 11.1 Å². The van der Waals surface area contributed by atoms with Crippen molar-refractivity contribution in [2.45, 2.75) is 13.0 Å². The second kappa shape index (κ2) is 7.89. The minimum Gasteiger partial charge on any atom is -0.369 e. The Balaban J connectivity index is 2.11. The van der Waals surface area contributed by atoms with Crippen LogP contribution in [0.25, 0.3) is 0 Å². The summed E-state index contributed by atoms with van der Waals surface area (Å²) in [4.78, 5) is 25.8. The first kappa shape index (κ1) is 17.2. The molecule has 0 fully saturated rings. The van der Waals surface area contributed by atoms with Gasteiger partial charge in [0.05, 0.1) is 19.1 Å². The van der Waals surface area contributed by atoms with Crippen molar-refractivity contribution in [3.05, 3.63) is 57.8 Å². The molecule has 0 bridgehead atoms. The summed E-state index contributed by atoms with van der Waals surface area (Å²) >= 11 is 1.60. The lowest BCUT2D eigenvalue weighted by molar-refractivity contribution is -0.123. The molecule has 0 saturated carbocycles. The molecule has 2 rings (SSSR count). The molecule has 0 aliphatic heterocycles. The molecule has 1 unspecified atom stereocenters. The lowest BCUT2D eigenvalue weighted by Crippen LogP contribution is -2.40. The van der Waals surface area contributed by atoms with E-state index in [1.807, 2.05) is 48.7 Å². The maximum absolute atomic E-state index is 12.3. The van der Waals surface area contributed by atoms with Crippen LogP contribution in [0.1, 0.15) is 22.0 Å². The van der Waals surface area contributed by atoms with Crippen LogP contribution in [0.3, 0.4) is 0 Å². The molecule has 0 aliphatic rings. The smallest absolute Gasteiger partial charge is 0.234 e. The number of nitrogens with two attached hydrogens (primary N) is 1. The summed E-state index contributed by atoms with van der Waals surface area (Å²) in [5.41, 5.74) is 7.35. The molecular weight excluding hydrogens is 310 g/mol. The zero-order valence-electron chi connectivity index (χ0n) is 13.3. The van der Waals surface area contributed by atoms with Gasteiger partial charge in [0.2, 0.25) is 11.8 Å². The number of amides is 2. The number of carbonyl (C=O) groups excluding carboxylic acids is 2. The lowest BCUT2D eigenvalue weighted by atomic mass is 10.0. The molecule has 2 amide bonds. The van der Waals surface area contributed by atoms with E-state index < -0.39 is 5.91 Å². The summed E-state index contributed by atoms with van der Waals surface area (Å²) in [5.74, 6) is -0.596. The standard InChI is InChI=1S/C17H21N3O2S/c1-12-5-7-13(8-6-12)17(14-4-3-9-23-14)19-16(22)11-20(2)10-15(18)21/h3-9,17H,10-11H2,1-2H3,(H2,18,21)(H,19,22). The highest BCUT2D eigenvalue weighted by molar-refractivity contribution is 7.10. The summed E-state index contributed by atoms with van der Waals surface area (Å²) in [6.07, 6.45) is 0. The third-order valence-electron chi connectivity index (χ3n) is 3.38. The molecule has 1 heterocycles. The first-order chi connectivity index (χ1) is 11.0. The molecule has 5 nitrogen and oxygen atoms in total. The van der Waals surface area contributed by atoms with Gasteiger partial charge in [-0.05, 0) is 31.0 Å². The van der Waals surface area contributed by atoms with E-state index in [0.29, 0.717) is 0 Å². The van der Waals surface area contributed by atoms with Gasteiger partial charge in [-0.2, -0.15) is 0 Å². The summed E-state index contributed by atoms with van der Waals surface area (Å²) in [5, 5.41) is 5.03. The highest BCUT2D eigenvalue weighted by Gasteiger charge is 2.19. The highest BCUT2D eigenvalue weighted by atomic mass is 32.1. The molecule has 0 spiro atoms. The van der Waals surface area contributed by atoms with Gasteiger partial charge in [-0.1, -0.05) is 35.9 Å². The Morgan fingerprint density at radius 2 is 1.91 bits per heavy atom. The predicted octanol–water partition coefficient (Wildman–Crippen LogP) is 1.68. The summed E-state index contributed by atoms with van der Waals surface area (Å²) < 4.78 is 0. The van der Waals surface area contributed by atoms with Crippen LogP contribution in [0.15, 0.2) is 41.8 Å². The number of aryl methyl sites for hydroxylation is 1. The maximum Gasteiger partial charge on any atom is 0.234 e. The van der Waals surface area contributed by atoms with Crippen molar-refractivity contribution in [1.82, 2.24) is 10.2 Å². The normalized spacial score (nSPS) is 12.1. The van der Waals surface area contributed by atoms with Crippen molar-refractivity contribution in [3.8, 4) is 0 Å². The van der Waals surface area contributed by atoms with Crippen LogP contribution in [-0.4, -0.2) is 36.9 Å². The molecular formula is C17H21N3O2S. The van der Waals surface area contributed by atoms with Gasteiger partial charge in [-0.3, -0.25) is 14.5 Å². The van der Waals surface area contributed by atoms with Gasteiger partial charge in [0.15, 0.2) is 0 Å². The second-order valence-corrected chi connectivity index (χ2v) is 6.54. The fraction of sp³-hybridized carbons (Fsp3) is 0.294. The van der Waals surface area contributed by atoms with Crippen molar-refractivity contribution < 1.29 is 9.59 Å². The number of benzene rings is 1. The van der Waals surface area contributed by atoms with Crippen LogP contribution in [0, 0.1) is 6.92 Å². The molecule has 0 aliphatic carbocycles. The van der Waals surface area contributed by atoms with Crippen LogP contribution in [0.4, 0.5) is 0 Å². The van der Waals surface area contributed by atoms with E-state index in [1.54, 1.807) is 23.3 Å². The predicted molar refractivity (Wildman–Crippen MR) is 92.2 cm³/mol. The molecule has 23 heavy (non-hydrogen) atoms. The first-order valence-corrected chi connectivity index (χ1v) is 8.20. The number of thiophene rings is 1. The minimum atomic E-state index is -0.450. The number of hydrogen-bond acceptors (Lipinski definition) is 4. The Labute approximate surface area is 140 Å². The molecule has 1 atom stereocenters. The Hall–Kier alpha value is -2.18. The molecule has 0 radical (unpaired) electrons. The van der Waals surface area contributed by atoms with E-state index >= 15 is 0 Å². The van der Waals surface area contributed by atoms with E-state index in [2.05, 4.69) is 5.32 Å². The van der Waals surface area contributed by atoms with Gasteiger partial charge in [0.25, 0.3) is 0 Å². The number of rotatable bonds is 7. The first-order valence-electron chi connectivity index (χ1n) is 7.32. The fourth-order valence-corrected chi connectivity index (χ4v) is 3.11. The van der Waals surface area contributed by atoms with Crippen LogP contribution in [0.5, 0.6) is 0 Å². The summed E-state index contributed by atoms with van der Waals surface area (Å²) in [6.45, 7) is 2.21. The molecule has 1 aromatic heterocycles. The summed E-state index contributed by atoms with van der Waals surface area (Å²) in [7, 11) is 1.69. The SMILES string of the molecule is Cc1ccc(C(NC(=O)CN(C)CC(N)=O)c2cccs2)cc1. The third-order valence-corrected chi connectivity index (χ3v) is 4.32. The number of hydrogen-bond donors (Lipinski definition) is 2. The molecule has 0 saturated heterocycles. The van der Waals surface area contributed by atoms with Crippen molar-refractivity contribution in [2.75, 3.05) is 20.1 Å². The van der Waals surface area contributed by atoms with Gasteiger partial charge >= 0.3 is 0 Å². The van der Waals surface area contributed by atoms with Gasteiger partial charge in [0.1, 0.15) is 0 Å². The number of nitrogens with zero attached hydrogens (tertiary/aromatic N) is 1. The summed E-state index contributed by atoms with van der Waals surface area (Å²) in [6, 6.07) is 11.9. The molecule has 2 aromatic rings. The van der Waals surface area contributed by atoms with Crippen LogP contribution in [0.2, 0.25) is 0 Å². The molecule has 3 N–H and O–H groups in total. The van der Waals surface area contributed by atoms with Crippen molar-refractivity contribution >= 4 is 23.2 Å². The quantitative estimate of drug-likeness (QED) is 0.810. The highest BCUT2D eigenvalue weighted by Crippen LogP contribution is 2.26. The van der Waals surface area contributed by atoms with E-state index in [-0.39, 0.29) is 25.0 Å². The van der Waals surface area contributed by atoms with Crippen LogP contribution in [-0.2, 0) is 9.59 Å². The van der Waals surface area contributed by atoms with Crippen molar-refractivity contribution in [2.24, 2.45) is 5.73 Å². The van der Waals surface area contributed by atoms with Crippen LogP contribution >= 0.6 is 11.3 Å². The topological polar surface area (TPSA) is 75.4 Å². The number of nitrogens with one attached hydrogen (secondary N) is 1. The Morgan fingerprint density at radius 1 is 1.22 bits per heavy atom. The van der Waals surface area contributed by atoms with E-state index in [0.717, 1.165) is 10.4 Å². The average molecular weight is 331 g/mol. The zero-order valence-corrected chi connectivity index (χ0v) is 14.1. The van der Waals surface area contributed by atoms with E-state index in [1.165, 1.54) is 5.56 Å². The van der Waals surface area contributed by atoms with Crippen molar-refractivity contribution in [3.63, 3.8) is 0 Å². The monoisotopic (exact) mass is 331 g/mol. The van der Waals surface area contributed by atoms with E-state index in [4.69, 9.17) is 5.73 Å². The maximum atomic E-state index is 12.3. The van der Waals surface area contributed by atoms with Gasteiger partial charge in [0, 0.05) is 4.88 Å². The average Bonchev–Trinajstić information content (AvgIpc) is 2.98.